The van der Waals surface area contributed by atoms with Gasteiger partial charge in [0.2, 0.25) is 0 Å². The van der Waals surface area contributed by atoms with Crippen LogP contribution < -0.4 is 10.0 Å². The lowest BCUT2D eigenvalue weighted by Crippen LogP contribution is -2.25. The molecule has 0 unspecified atom stereocenters. The lowest BCUT2D eigenvalue weighted by molar-refractivity contribution is 0.0949. The van der Waals surface area contributed by atoms with Gasteiger partial charge in [0.05, 0.1) is 11.4 Å². The molecule has 0 aliphatic carbocycles. The predicted molar refractivity (Wildman–Crippen MR) is 113 cm³/mol. The number of aryl methyl sites for hydroxylation is 1. The summed E-state index contributed by atoms with van der Waals surface area (Å²) in [7, 11) is -3.96. The molecule has 4 aromatic rings. The first-order valence-corrected chi connectivity index (χ1v) is 10.8. The summed E-state index contributed by atoms with van der Waals surface area (Å²) in [4.78, 5) is 12.7. The number of amides is 1. The van der Waals surface area contributed by atoms with Crippen molar-refractivity contribution in [2.24, 2.45) is 0 Å². The number of pyridine rings is 1. The molecule has 0 saturated carbocycles. The van der Waals surface area contributed by atoms with Crippen molar-refractivity contribution in [1.82, 2.24) is 19.9 Å². The van der Waals surface area contributed by atoms with Gasteiger partial charge in [0.15, 0.2) is 11.5 Å². The highest BCUT2D eigenvalue weighted by molar-refractivity contribution is 7.92. The van der Waals surface area contributed by atoms with Crippen molar-refractivity contribution in [2.75, 3.05) is 4.72 Å². The summed E-state index contributed by atoms with van der Waals surface area (Å²) in [6, 6.07) is 14.7. The van der Waals surface area contributed by atoms with Crippen LogP contribution >= 0.6 is 0 Å². The summed E-state index contributed by atoms with van der Waals surface area (Å²) in [6.07, 6.45) is 1.79. The zero-order valence-corrected chi connectivity index (χ0v) is 17.2. The van der Waals surface area contributed by atoms with Gasteiger partial charge in [0, 0.05) is 17.4 Å². The molecule has 2 N–H and O–H groups in total. The van der Waals surface area contributed by atoms with E-state index >= 15 is 0 Å². The Balaban J connectivity index is 1.54. The molecule has 0 radical (unpaired) electrons. The van der Waals surface area contributed by atoms with E-state index in [1.54, 1.807) is 29.7 Å². The van der Waals surface area contributed by atoms with Crippen molar-refractivity contribution >= 4 is 27.3 Å². The lowest BCUT2D eigenvalue weighted by atomic mass is 10.1. The SMILES string of the molecule is Cc1ccc(S(=O)(=O)Nc2ccc(F)cc2)cc1C(=O)NCc1nnc2ccccn12. The molecule has 158 valence electrons. The van der Waals surface area contributed by atoms with E-state index in [1.807, 2.05) is 12.1 Å². The van der Waals surface area contributed by atoms with Crippen LogP contribution in [0.15, 0.2) is 71.8 Å². The van der Waals surface area contributed by atoms with Crippen molar-refractivity contribution in [3.8, 4) is 0 Å². The average molecular weight is 439 g/mol. The largest absolute Gasteiger partial charge is 0.345 e. The second kappa shape index (κ2) is 8.15. The fourth-order valence-corrected chi connectivity index (χ4v) is 4.10. The number of nitrogens with one attached hydrogen (secondary N) is 2. The number of sulfonamides is 1. The molecule has 0 aliphatic rings. The third-order valence-corrected chi connectivity index (χ3v) is 6.03. The van der Waals surface area contributed by atoms with Gasteiger partial charge in [0.25, 0.3) is 15.9 Å². The van der Waals surface area contributed by atoms with Crippen LogP contribution in [-0.4, -0.2) is 28.9 Å². The van der Waals surface area contributed by atoms with E-state index in [1.165, 1.54) is 24.3 Å². The lowest BCUT2D eigenvalue weighted by Gasteiger charge is -2.12. The van der Waals surface area contributed by atoms with E-state index in [0.717, 1.165) is 12.1 Å². The molecule has 2 aromatic carbocycles. The van der Waals surface area contributed by atoms with E-state index in [2.05, 4.69) is 20.2 Å². The van der Waals surface area contributed by atoms with Crippen LogP contribution in [0.1, 0.15) is 21.7 Å². The van der Waals surface area contributed by atoms with Crippen LogP contribution in [-0.2, 0) is 16.6 Å². The summed E-state index contributed by atoms with van der Waals surface area (Å²) in [6.45, 7) is 1.83. The average Bonchev–Trinajstić information content (AvgIpc) is 3.17. The summed E-state index contributed by atoms with van der Waals surface area (Å²) >= 11 is 0. The van der Waals surface area contributed by atoms with E-state index in [4.69, 9.17) is 0 Å². The summed E-state index contributed by atoms with van der Waals surface area (Å²) in [5.74, 6) is -0.370. The van der Waals surface area contributed by atoms with E-state index in [0.29, 0.717) is 17.0 Å². The third-order valence-electron chi connectivity index (χ3n) is 4.65. The van der Waals surface area contributed by atoms with Crippen molar-refractivity contribution in [3.05, 3.63) is 89.6 Å². The minimum atomic E-state index is -3.96. The van der Waals surface area contributed by atoms with Crippen LogP contribution in [0.25, 0.3) is 5.65 Å². The standard InChI is InChI=1S/C21H18FN5O3S/c1-14-5-10-17(31(29,30)26-16-8-6-15(22)7-9-16)12-18(14)21(28)23-13-20-25-24-19-4-2-3-11-27(19)20/h2-12,26H,13H2,1H3,(H,23,28). The van der Waals surface area contributed by atoms with Gasteiger partial charge in [-0.2, -0.15) is 0 Å². The number of halogens is 1. The van der Waals surface area contributed by atoms with E-state index in [9.17, 15) is 17.6 Å². The van der Waals surface area contributed by atoms with Crippen molar-refractivity contribution in [3.63, 3.8) is 0 Å². The van der Waals surface area contributed by atoms with Crippen LogP contribution in [0, 0.1) is 12.7 Å². The second-order valence-corrected chi connectivity index (χ2v) is 8.50. The number of carbonyl (C=O) groups excluding carboxylic acids is 1. The molecule has 0 bridgehead atoms. The second-order valence-electron chi connectivity index (χ2n) is 6.82. The fraction of sp³-hybridized carbons (Fsp3) is 0.0952. The Labute approximate surface area is 177 Å². The number of hydrogen-bond acceptors (Lipinski definition) is 5. The number of nitrogens with zero attached hydrogens (tertiary/aromatic N) is 3. The fourth-order valence-electron chi connectivity index (χ4n) is 3.01. The quantitative estimate of drug-likeness (QED) is 0.481. The predicted octanol–water partition coefficient (Wildman–Crippen LogP) is 2.91. The van der Waals surface area contributed by atoms with Gasteiger partial charge in [-0.05, 0) is 61.0 Å². The Morgan fingerprint density at radius 2 is 1.84 bits per heavy atom. The maximum absolute atomic E-state index is 13.1. The smallest absolute Gasteiger partial charge is 0.261 e. The number of rotatable bonds is 6. The molecule has 31 heavy (non-hydrogen) atoms. The van der Waals surface area contributed by atoms with Crippen molar-refractivity contribution in [1.29, 1.82) is 0 Å². The van der Waals surface area contributed by atoms with Gasteiger partial charge < -0.3 is 5.32 Å². The highest BCUT2D eigenvalue weighted by Gasteiger charge is 2.19. The third kappa shape index (κ3) is 4.38. The Bertz CT molecular complexity index is 1370. The molecular weight excluding hydrogens is 421 g/mol. The summed E-state index contributed by atoms with van der Waals surface area (Å²) in [5, 5.41) is 10.8. The molecule has 0 atom stereocenters. The number of hydrogen-bond donors (Lipinski definition) is 2. The Kier molecular flexibility index (Phi) is 5.38. The molecule has 2 aromatic heterocycles. The molecule has 10 heteroatoms. The number of benzene rings is 2. The molecule has 8 nitrogen and oxygen atoms in total. The highest BCUT2D eigenvalue weighted by Crippen LogP contribution is 2.20. The molecular formula is C21H18FN5O3S. The van der Waals surface area contributed by atoms with Gasteiger partial charge >= 0.3 is 0 Å². The van der Waals surface area contributed by atoms with Gasteiger partial charge in [-0.3, -0.25) is 13.9 Å². The van der Waals surface area contributed by atoms with Crippen LogP contribution in [0.5, 0.6) is 0 Å². The maximum Gasteiger partial charge on any atom is 0.261 e. The number of aromatic nitrogens is 3. The minimum absolute atomic E-state index is 0.0829. The monoisotopic (exact) mass is 439 g/mol. The highest BCUT2D eigenvalue weighted by atomic mass is 32.2. The van der Waals surface area contributed by atoms with Gasteiger partial charge in [-0.1, -0.05) is 12.1 Å². The van der Waals surface area contributed by atoms with Crippen molar-refractivity contribution < 1.29 is 17.6 Å². The molecule has 0 spiro atoms. The van der Waals surface area contributed by atoms with Gasteiger partial charge in [0.1, 0.15) is 5.82 Å². The normalized spacial score (nSPS) is 11.4. The summed E-state index contributed by atoms with van der Waals surface area (Å²) in [5.41, 5.74) is 1.70. The molecule has 0 aliphatic heterocycles. The Hall–Kier alpha value is -3.79. The number of anilines is 1. The molecule has 4 rings (SSSR count). The molecule has 0 fully saturated rings. The number of fused-ring (bicyclic) bond motifs is 1. The van der Waals surface area contributed by atoms with Crippen LogP contribution in [0.3, 0.4) is 0 Å². The first-order chi connectivity index (χ1) is 14.8. The Morgan fingerprint density at radius 3 is 2.61 bits per heavy atom. The van der Waals surface area contributed by atoms with E-state index < -0.39 is 21.7 Å². The minimum Gasteiger partial charge on any atom is -0.345 e. The zero-order valence-electron chi connectivity index (χ0n) is 16.4. The van der Waals surface area contributed by atoms with Gasteiger partial charge in [-0.25, -0.2) is 12.8 Å². The topological polar surface area (TPSA) is 105 Å². The number of carbonyl (C=O) groups is 1. The Morgan fingerprint density at radius 1 is 1.06 bits per heavy atom. The zero-order chi connectivity index (χ0) is 22.0. The van der Waals surface area contributed by atoms with E-state index in [-0.39, 0.29) is 22.7 Å². The maximum atomic E-state index is 13.1. The first-order valence-electron chi connectivity index (χ1n) is 9.29. The molecule has 2 heterocycles. The summed E-state index contributed by atoms with van der Waals surface area (Å²) < 4.78 is 42.6. The molecule has 1 amide bonds. The molecule has 0 saturated heterocycles. The van der Waals surface area contributed by atoms with Gasteiger partial charge in [-0.15, -0.1) is 10.2 Å². The first kappa shape index (κ1) is 20.5. The van der Waals surface area contributed by atoms with Crippen molar-refractivity contribution in [2.45, 2.75) is 18.4 Å². The van der Waals surface area contributed by atoms with Crippen LogP contribution in [0.4, 0.5) is 10.1 Å². The van der Waals surface area contributed by atoms with Crippen LogP contribution in [0.2, 0.25) is 0 Å².